The van der Waals surface area contributed by atoms with E-state index in [-0.39, 0.29) is 35.7 Å². The zero-order valence-corrected chi connectivity index (χ0v) is 14.3. The lowest BCUT2D eigenvalue weighted by molar-refractivity contribution is -0.125. The molecule has 1 fully saturated rings. The molecule has 0 aromatic heterocycles. The smallest absolute Gasteiger partial charge is 0.253 e. The molecule has 0 unspecified atom stereocenters. The first-order chi connectivity index (χ1) is 10.8. The summed E-state index contributed by atoms with van der Waals surface area (Å²) >= 11 is 0. The number of benzene rings is 1. The van der Waals surface area contributed by atoms with Crippen molar-refractivity contribution in [3.63, 3.8) is 0 Å². The summed E-state index contributed by atoms with van der Waals surface area (Å²) in [7, 11) is 1.58. The largest absolute Gasteiger partial charge is 0.396 e. The summed E-state index contributed by atoms with van der Waals surface area (Å²) in [6, 6.07) is 7.63. The van der Waals surface area contributed by atoms with Gasteiger partial charge in [0.25, 0.3) is 5.91 Å². The summed E-state index contributed by atoms with van der Waals surface area (Å²) < 4.78 is 0. The zero-order chi connectivity index (χ0) is 17.2. The topological polar surface area (TPSA) is 69.6 Å². The van der Waals surface area contributed by atoms with Gasteiger partial charge >= 0.3 is 0 Å². The van der Waals surface area contributed by atoms with E-state index in [9.17, 15) is 14.7 Å². The van der Waals surface area contributed by atoms with E-state index in [1.165, 1.54) is 5.56 Å². The third kappa shape index (κ3) is 3.72. The average Bonchev–Trinajstić information content (AvgIpc) is 2.97. The minimum atomic E-state index is -0.345. The fourth-order valence-electron chi connectivity index (χ4n) is 3.00. The van der Waals surface area contributed by atoms with Gasteiger partial charge in [-0.1, -0.05) is 32.9 Å². The van der Waals surface area contributed by atoms with Crippen LogP contribution < -0.4 is 5.32 Å². The fraction of sp³-hybridized carbons (Fsp3) is 0.556. The highest BCUT2D eigenvalue weighted by molar-refractivity contribution is 5.95. The summed E-state index contributed by atoms with van der Waals surface area (Å²) in [5, 5.41) is 12.1. The van der Waals surface area contributed by atoms with Crippen molar-refractivity contribution in [1.29, 1.82) is 0 Å². The molecule has 2 atom stereocenters. The normalized spacial score (nSPS) is 21.3. The molecule has 1 aromatic rings. The Morgan fingerprint density at radius 2 is 1.83 bits per heavy atom. The number of likely N-dealkylation sites (tertiary alicyclic amines) is 1. The molecule has 2 amide bonds. The predicted octanol–water partition coefficient (Wildman–Crippen LogP) is 1.41. The standard InChI is InChI=1S/C18H26N2O3/c1-18(2,3)14-7-5-12(6-8-14)17(23)20-9-13(11-21)15(10-20)16(22)19-4/h5-8,13,15,21H,9-11H2,1-4H3,(H,19,22)/t13-,15+/m0/s1. The lowest BCUT2D eigenvalue weighted by Gasteiger charge is -2.20. The Kier molecular flexibility index (Phi) is 5.09. The molecule has 1 saturated heterocycles. The van der Waals surface area contributed by atoms with E-state index in [4.69, 9.17) is 0 Å². The zero-order valence-electron chi connectivity index (χ0n) is 14.3. The van der Waals surface area contributed by atoms with Gasteiger partial charge in [0, 0.05) is 38.2 Å². The summed E-state index contributed by atoms with van der Waals surface area (Å²) in [5.41, 5.74) is 1.83. The molecule has 2 N–H and O–H groups in total. The Hall–Kier alpha value is -1.88. The molecule has 0 saturated carbocycles. The van der Waals surface area contributed by atoms with Gasteiger partial charge in [-0.05, 0) is 23.1 Å². The van der Waals surface area contributed by atoms with Crippen molar-refractivity contribution in [2.75, 3.05) is 26.7 Å². The third-order valence-corrected chi connectivity index (χ3v) is 4.54. The maximum atomic E-state index is 12.6. The highest BCUT2D eigenvalue weighted by Gasteiger charge is 2.39. The van der Waals surface area contributed by atoms with E-state index in [2.05, 4.69) is 26.1 Å². The molecule has 23 heavy (non-hydrogen) atoms. The van der Waals surface area contributed by atoms with E-state index in [1.54, 1.807) is 11.9 Å². The first-order valence-electron chi connectivity index (χ1n) is 8.00. The molecule has 1 aliphatic rings. The Morgan fingerprint density at radius 3 is 2.30 bits per heavy atom. The molecule has 0 spiro atoms. The van der Waals surface area contributed by atoms with Crippen LogP contribution in [0.5, 0.6) is 0 Å². The number of carbonyl (C=O) groups is 2. The van der Waals surface area contributed by atoms with Crippen LogP contribution in [0.25, 0.3) is 0 Å². The highest BCUT2D eigenvalue weighted by atomic mass is 16.3. The minimum absolute atomic E-state index is 0.0432. The maximum Gasteiger partial charge on any atom is 0.253 e. The number of nitrogens with one attached hydrogen (secondary N) is 1. The van der Waals surface area contributed by atoms with Gasteiger partial charge in [0.2, 0.25) is 5.91 Å². The van der Waals surface area contributed by atoms with Crippen LogP contribution in [0.2, 0.25) is 0 Å². The Bertz CT molecular complexity index is 575. The van der Waals surface area contributed by atoms with Crippen LogP contribution in [0.3, 0.4) is 0 Å². The Morgan fingerprint density at radius 1 is 1.22 bits per heavy atom. The first kappa shape index (κ1) is 17.5. The van der Waals surface area contributed by atoms with Crippen molar-refractivity contribution in [3.8, 4) is 0 Å². The van der Waals surface area contributed by atoms with Gasteiger partial charge in [-0.15, -0.1) is 0 Å². The molecule has 1 aliphatic heterocycles. The molecule has 2 rings (SSSR count). The Labute approximate surface area is 137 Å². The lowest BCUT2D eigenvalue weighted by atomic mass is 9.86. The average molecular weight is 318 g/mol. The quantitative estimate of drug-likeness (QED) is 0.885. The second-order valence-electron chi connectivity index (χ2n) is 7.20. The number of rotatable bonds is 3. The van der Waals surface area contributed by atoms with Crippen LogP contribution in [-0.4, -0.2) is 48.6 Å². The molecule has 126 valence electrons. The van der Waals surface area contributed by atoms with Crippen LogP contribution in [0, 0.1) is 11.8 Å². The monoisotopic (exact) mass is 318 g/mol. The van der Waals surface area contributed by atoms with Gasteiger partial charge in [-0.2, -0.15) is 0 Å². The lowest BCUT2D eigenvalue weighted by Crippen LogP contribution is -2.34. The Balaban J connectivity index is 2.13. The second kappa shape index (κ2) is 6.71. The van der Waals surface area contributed by atoms with Crippen molar-refractivity contribution in [2.24, 2.45) is 11.8 Å². The predicted molar refractivity (Wildman–Crippen MR) is 89.2 cm³/mol. The van der Waals surface area contributed by atoms with Gasteiger partial charge in [-0.3, -0.25) is 9.59 Å². The molecule has 5 nitrogen and oxygen atoms in total. The summed E-state index contributed by atoms with van der Waals surface area (Å²) in [6.45, 7) is 7.06. The van der Waals surface area contributed by atoms with Crippen LogP contribution in [0.15, 0.2) is 24.3 Å². The van der Waals surface area contributed by atoms with Crippen molar-refractivity contribution in [2.45, 2.75) is 26.2 Å². The number of carbonyl (C=O) groups excluding carboxylic acids is 2. The number of nitrogens with zero attached hydrogens (tertiary/aromatic N) is 1. The van der Waals surface area contributed by atoms with Crippen molar-refractivity contribution in [3.05, 3.63) is 35.4 Å². The van der Waals surface area contributed by atoms with Crippen molar-refractivity contribution >= 4 is 11.8 Å². The molecule has 1 aromatic carbocycles. The van der Waals surface area contributed by atoms with Gasteiger partial charge in [0.15, 0.2) is 0 Å². The number of aliphatic hydroxyl groups excluding tert-OH is 1. The van der Waals surface area contributed by atoms with Gasteiger partial charge in [0.1, 0.15) is 0 Å². The summed E-state index contributed by atoms with van der Waals surface area (Å²) in [5.74, 6) is -0.756. The van der Waals surface area contributed by atoms with Crippen LogP contribution in [0.4, 0.5) is 0 Å². The molecule has 5 heteroatoms. The number of hydrogen-bond acceptors (Lipinski definition) is 3. The fourth-order valence-corrected chi connectivity index (χ4v) is 3.00. The van der Waals surface area contributed by atoms with Gasteiger partial charge in [0.05, 0.1) is 5.92 Å². The number of aliphatic hydroxyl groups is 1. The van der Waals surface area contributed by atoms with Crippen molar-refractivity contribution < 1.29 is 14.7 Å². The van der Waals surface area contributed by atoms with Crippen molar-refractivity contribution in [1.82, 2.24) is 10.2 Å². The molecule has 0 bridgehead atoms. The SMILES string of the molecule is CNC(=O)[C@@H]1CN(C(=O)c2ccc(C(C)(C)C)cc2)C[C@H]1CO. The van der Waals surface area contributed by atoms with Crippen LogP contribution in [-0.2, 0) is 10.2 Å². The first-order valence-corrected chi connectivity index (χ1v) is 8.00. The molecular formula is C18H26N2O3. The van der Waals surface area contributed by atoms with Crippen LogP contribution >= 0.6 is 0 Å². The number of hydrogen-bond donors (Lipinski definition) is 2. The summed E-state index contributed by atoms with van der Waals surface area (Å²) in [6.07, 6.45) is 0. The third-order valence-electron chi connectivity index (χ3n) is 4.54. The van der Waals surface area contributed by atoms with E-state index in [1.807, 2.05) is 24.3 Å². The molecule has 0 radical (unpaired) electrons. The van der Waals surface area contributed by atoms with Gasteiger partial charge in [-0.25, -0.2) is 0 Å². The minimum Gasteiger partial charge on any atom is -0.396 e. The second-order valence-corrected chi connectivity index (χ2v) is 7.20. The maximum absolute atomic E-state index is 12.6. The molecular weight excluding hydrogens is 292 g/mol. The molecule has 0 aliphatic carbocycles. The van der Waals surface area contributed by atoms with E-state index < -0.39 is 0 Å². The van der Waals surface area contributed by atoms with E-state index >= 15 is 0 Å². The number of amides is 2. The summed E-state index contributed by atoms with van der Waals surface area (Å²) in [4.78, 5) is 26.2. The van der Waals surface area contributed by atoms with E-state index in [0.29, 0.717) is 18.7 Å². The van der Waals surface area contributed by atoms with E-state index in [0.717, 1.165) is 0 Å². The van der Waals surface area contributed by atoms with Gasteiger partial charge < -0.3 is 15.3 Å². The van der Waals surface area contributed by atoms with Crippen LogP contribution in [0.1, 0.15) is 36.7 Å². The molecule has 1 heterocycles. The highest BCUT2D eigenvalue weighted by Crippen LogP contribution is 2.26.